The highest BCUT2D eigenvalue weighted by atomic mass is 16.4. The fourth-order valence-electron chi connectivity index (χ4n) is 6.35. The Hall–Kier alpha value is -5.99. The molecule has 21 heteroatoms. The van der Waals surface area contributed by atoms with Gasteiger partial charge in [0.2, 0.25) is 41.4 Å². The van der Waals surface area contributed by atoms with Crippen molar-refractivity contribution in [2.24, 2.45) is 39.8 Å². The van der Waals surface area contributed by atoms with Gasteiger partial charge in [-0.1, -0.05) is 39.8 Å². The lowest BCUT2D eigenvalue weighted by Gasteiger charge is -2.32. The summed E-state index contributed by atoms with van der Waals surface area (Å²) in [5.41, 5.74) is 22.6. The van der Waals surface area contributed by atoms with Crippen molar-refractivity contribution in [2.75, 3.05) is 13.1 Å². The summed E-state index contributed by atoms with van der Waals surface area (Å²) < 4.78 is 0. The summed E-state index contributed by atoms with van der Waals surface area (Å²) in [5.74, 6) is -7.08. The van der Waals surface area contributed by atoms with Crippen LogP contribution in [0.25, 0.3) is 0 Å². The zero-order chi connectivity index (χ0) is 44.6. The van der Waals surface area contributed by atoms with E-state index < -0.39 is 102 Å². The molecule has 1 saturated heterocycles. The number of carbonyl (C=O) groups excluding carboxylic acids is 7. The molecule has 0 aliphatic carbocycles. The topological polar surface area (TPSA) is 357 Å². The van der Waals surface area contributed by atoms with Crippen molar-refractivity contribution in [1.82, 2.24) is 31.5 Å². The van der Waals surface area contributed by atoms with Crippen molar-refractivity contribution in [2.45, 2.75) is 122 Å². The highest BCUT2D eigenvalue weighted by molar-refractivity contribution is 5.98. The molecule has 7 amide bonds. The average Bonchev–Trinajstić information content (AvgIpc) is 3.49. The van der Waals surface area contributed by atoms with Crippen LogP contribution >= 0.6 is 0 Å². The summed E-state index contributed by atoms with van der Waals surface area (Å²) in [6, 6.07) is -2.16. The van der Waals surface area contributed by atoms with E-state index in [2.05, 4.69) is 31.6 Å². The number of benzene rings is 1. The zero-order valence-electron chi connectivity index (χ0n) is 34.2. The summed E-state index contributed by atoms with van der Waals surface area (Å²) >= 11 is 0. The molecule has 1 aliphatic heterocycles. The van der Waals surface area contributed by atoms with Gasteiger partial charge in [0.15, 0.2) is 5.96 Å². The first kappa shape index (κ1) is 49.2. The van der Waals surface area contributed by atoms with Gasteiger partial charge in [-0.15, -0.1) is 0 Å². The van der Waals surface area contributed by atoms with Crippen LogP contribution < -0.4 is 49.5 Å². The number of aliphatic imine (C=N–C) groups is 1. The molecule has 1 aliphatic rings. The van der Waals surface area contributed by atoms with E-state index in [4.69, 9.17) is 22.9 Å². The van der Waals surface area contributed by atoms with Gasteiger partial charge < -0.3 is 64.6 Å². The number of primary amides is 1. The van der Waals surface area contributed by atoms with Gasteiger partial charge >= 0.3 is 5.97 Å². The number of carbonyl (C=O) groups is 8. The number of likely N-dealkylation sites (tertiary alicyclic amines) is 1. The van der Waals surface area contributed by atoms with Crippen LogP contribution in [-0.2, 0) is 44.8 Å². The molecule has 0 unspecified atom stereocenters. The lowest BCUT2D eigenvalue weighted by molar-refractivity contribution is -0.142. The monoisotopic (exact) mass is 831 g/mol. The minimum atomic E-state index is -1.44. The first-order valence-corrected chi connectivity index (χ1v) is 19.5. The second-order valence-electron chi connectivity index (χ2n) is 15.4. The van der Waals surface area contributed by atoms with Crippen LogP contribution in [0.3, 0.4) is 0 Å². The minimum Gasteiger partial charge on any atom is -0.508 e. The number of nitrogens with two attached hydrogens (primary N) is 4. The number of guanidine groups is 1. The first-order chi connectivity index (χ1) is 27.6. The normalized spacial score (nSPS) is 16.8. The second kappa shape index (κ2) is 23.4. The van der Waals surface area contributed by atoms with Crippen LogP contribution in [-0.4, -0.2) is 124 Å². The Morgan fingerprint density at radius 2 is 1.41 bits per heavy atom. The number of phenolic OH excluding ortho intramolecular Hbond substituents is 1. The Morgan fingerprint density at radius 1 is 0.814 bits per heavy atom. The summed E-state index contributed by atoms with van der Waals surface area (Å²) in [6.45, 7) is 8.57. The van der Waals surface area contributed by atoms with E-state index in [1.54, 1.807) is 39.8 Å². The maximum absolute atomic E-state index is 13.9. The number of aromatic hydroxyl groups is 1. The van der Waals surface area contributed by atoms with Gasteiger partial charge in [-0.3, -0.25) is 43.3 Å². The van der Waals surface area contributed by atoms with E-state index >= 15 is 0 Å². The quantitative estimate of drug-likeness (QED) is 0.0290. The molecule has 0 radical (unpaired) electrons. The Labute approximate surface area is 343 Å². The van der Waals surface area contributed by atoms with Crippen molar-refractivity contribution in [3.63, 3.8) is 0 Å². The van der Waals surface area contributed by atoms with Crippen LogP contribution in [0.1, 0.15) is 78.7 Å². The molecule has 0 aromatic heterocycles. The third-order valence-corrected chi connectivity index (χ3v) is 9.51. The largest absolute Gasteiger partial charge is 0.508 e. The van der Waals surface area contributed by atoms with Crippen molar-refractivity contribution < 1.29 is 48.6 Å². The lowest BCUT2D eigenvalue weighted by Crippen LogP contribution is -2.59. The fraction of sp³-hybridized carbons (Fsp3) is 0.605. The predicted octanol–water partition coefficient (Wildman–Crippen LogP) is -2.59. The standard InChI is InChI=1S/C38H61N11O10/c1-19(2)17-27(34(56)44-21(5)31(40)53)48-33(55)25(12-13-29(51)52)45-36(58)30(20(3)4)49-16-14-26(37(49)59)46-35(57)28(18-22-8-10-23(50)11-9-22)47-32(54)24(39)7-6-15-43-38(41)42/h8-11,19-21,24-28,30,50H,6-7,12-18,39H2,1-5H3,(H2,40,53)(H,44,56)(H,45,58)(H,46,57)(H,47,54)(H,48,55)(H,51,52)(H4,41,42,43)/t21-,24-,25-,26-,27-,28-,30-/m1/s1. The molecule has 1 aromatic carbocycles. The number of carboxylic acids is 1. The van der Waals surface area contributed by atoms with Crippen LogP contribution in [0.4, 0.5) is 0 Å². The van der Waals surface area contributed by atoms with Crippen molar-refractivity contribution in [1.29, 1.82) is 0 Å². The van der Waals surface area contributed by atoms with Crippen LogP contribution in [0.15, 0.2) is 29.3 Å². The zero-order valence-corrected chi connectivity index (χ0v) is 34.2. The lowest BCUT2D eigenvalue weighted by atomic mass is 9.99. The van der Waals surface area contributed by atoms with Crippen LogP contribution in [0.5, 0.6) is 5.75 Å². The minimum absolute atomic E-state index is 0.00902. The molecule has 15 N–H and O–H groups in total. The number of amides is 7. The Bertz CT molecular complexity index is 1680. The highest BCUT2D eigenvalue weighted by Gasteiger charge is 2.42. The molecule has 0 spiro atoms. The number of nitrogens with zero attached hydrogens (tertiary/aromatic N) is 2. The first-order valence-electron chi connectivity index (χ1n) is 19.5. The predicted molar refractivity (Wildman–Crippen MR) is 215 cm³/mol. The van der Waals surface area contributed by atoms with Crippen molar-refractivity contribution >= 4 is 53.3 Å². The molecule has 1 aromatic rings. The van der Waals surface area contributed by atoms with Gasteiger partial charge in [0.25, 0.3) is 0 Å². The number of rotatable bonds is 24. The fourth-order valence-corrected chi connectivity index (χ4v) is 6.35. The summed E-state index contributed by atoms with van der Waals surface area (Å²) in [6.07, 6.45) is -0.0872. The van der Waals surface area contributed by atoms with Crippen LogP contribution in [0.2, 0.25) is 0 Å². The van der Waals surface area contributed by atoms with Crippen molar-refractivity contribution in [3.8, 4) is 5.75 Å². The third-order valence-electron chi connectivity index (χ3n) is 9.51. The van der Waals surface area contributed by atoms with E-state index in [0.717, 1.165) is 0 Å². The van der Waals surface area contributed by atoms with E-state index in [1.807, 2.05) is 0 Å². The maximum Gasteiger partial charge on any atom is 0.303 e. The summed E-state index contributed by atoms with van der Waals surface area (Å²) in [4.78, 5) is 109. The molecular formula is C38H61N11O10. The number of phenols is 1. The molecule has 7 atom stereocenters. The van der Waals surface area contributed by atoms with E-state index in [-0.39, 0.29) is 62.8 Å². The molecule has 1 heterocycles. The molecule has 2 rings (SSSR count). The number of carboxylic acid groups (broad SMARTS) is 1. The number of hydrogen-bond donors (Lipinski definition) is 11. The Morgan fingerprint density at radius 3 is 1.97 bits per heavy atom. The van der Waals surface area contributed by atoms with Gasteiger partial charge in [0.05, 0.1) is 6.04 Å². The van der Waals surface area contributed by atoms with E-state index in [1.165, 1.54) is 24.0 Å². The van der Waals surface area contributed by atoms with Crippen molar-refractivity contribution in [3.05, 3.63) is 29.8 Å². The summed E-state index contributed by atoms with van der Waals surface area (Å²) in [5, 5.41) is 32.0. The van der Waals surface area contributed by atoms with Gasteiger partial charge in [0.1, 0.15) is 42.0 Å². The SMILES string of the molecule is CC(C)C[C@@H](NC(=O)[C@@H](CCC(=O)O)NC(=O)[C@@H](C(C)C)N1CC[C@@H](NC(=O)[C@@H](Cc2ccc(O)cc2)NC(=O)[C@H](N)CCCN=C(N)N)C1=O)C(=O)N[C@H](C)C(N)=O. The van der Waals surface area contributed by atoms with Crippen LogP contribution in [0, 0.1) is 11.8 Å². The molecule has 0 bridgehead atoms. The number of nitrogens with one attached hydrogen (secondary N) is 5. The van der Waals surface area contributed by atoms with E-state index in [0.29, 0.717) is 12.0 Å². The number of aliphatic carboxylic acids is 1. The molecule has 59 heavy (non-hydrogen) atoms. The molecule has 1 fully saturated rings. The van der Waals surface area contributed by atoms with Gasteiger partial charge in [-0.25, -0.2) is 0 Å². The second-order valence-corrected chi connectivity index (χ2v) is 15.4. The van der Waals surface area contributed by atoms with Gasteiger partial charge in [0, 0.05) is 25.9 Å². The van der Waals surface area contributed by atoms with E-state index in [9.17, 15) is 48.6 Å². The average molecular weight is 832 g/mol. The number of hydrogen-bond acceptors (Lipinski definition) is 11. The highest BCUT2D eigenvalue weighted by Crippen LogP contribution is 2.21. The maximum atomic E-state index is 13.9. The Kier molecular flexibility index (Phi) is 19.5. The Balaban J connectivity index is 2.26. The molecule has 0 saturated carbocycles. The van der Waals surface area contributed by atoms with Gasteiger partial charge in [-0.05, 0) is 68.6 Å². The smallest absolute Gasteiger partial charge is 0.303 e. The third kappa shape index (κ3) is 16.4. The van der Waals surface area contributed by atoms with Gasteiger partial charge in [-0.2, -0.15) is 0 Å². The molecular weight excluding hydrogens is 770 g/mol. The molecule has 21 nitrogen and oxygen atoms in total. The summed E-state index contributed by atoms with van der Waals surface area (Å²) in [7, 11) is 0. The molecule has 328 valence electrons.